The van der Waals surface area contributed by atoms with Gasteiger partial charge in [0.25, 0.3) is 5.91 Å². The first kappa shape index (κ1) is 16.9. The van der Waals surface area contributed by atoms with Crippen molar-refractivity contribution in [1.29, 1.82) is 0 Å². The molecule has 130 valence electrons. The number of carboxylic acids is 1. The van der Waals surface area contributed by atoms with E-state index >= 15 is 0 Å². The first-order valence-corrected chi connectivity index (χ1v) is 7.79. The Labute approximate surface area is 144 Å². The van der Waals surface area contributed by atoms with E-state index in [1.54, 1.807) is 12.2 Å². The smallest absolute Gasteiger partial charge is 0.322 e. The van der Waals surface area contributed by atoms with Gasteiger partial charge in [-0.1, -0.05) is 48.6 Å². The van der Waals surface area contributed by atoms with Crippen molar-refractivity contribution in [2.24, 2.45) is 5.41 Å². The lowest BCUT2D eigenvalue weighted by Gasteiger charge is -2.39. The van der Waals surface area contributed by atoms with Gasteiger partial charge in [0.1, 0.15) is 17.1 Å². The third-order valence-electron chi connectivity index (χ3n) is 4.83. The number of aliphatic hydroxyl groups excluding tert-OH is 1. The Hall–Kier alpha value is -2.93. The Balaban J connectivity index is 1.94. The molecule has 2 aliphatic rings. The van der Waals surface area contributed by atoms with Gasteiger partial charge in [-0.05, 0) is 24.5 Å². The molecule has 4 N–H and O–H groups in total. The quantitative estimate of drug-likeness (QED) is 0.611. The molecule has 3 unspecified atom stereocenters. The molecule has 1 aliphatic carbocycles. The van der Waals surface area contributed by atoms with E-state index in [2.05, 4.69) is 5.32 Å². The summed E-state index contributed by atoms with van der Waals surface area (Å²) in [6.45, 7) is 1.31. The van der Waals surface area contributed by atoms with Crippen LogP contribution in [0.15, 0.2) is 48.6 Å². The van der Waals surface area contributed by atoms with Crippen molar-refractivity contribution in [2.45, 2.75) is 25.0 Å². The van der Waals surface area contributed by atoms with Crippen molar-refractivity contribution in [3.05, 3.63) is 54.1 Å². The van der Waals surface area contributed by atoms with Crippen LogP contribution in [0, 0.1) is 5.41 Å². The molecule has 0 saturated carbocycles. The zero-order valence-electron chi connectivity index (χ0n) is 13.5. The molecule has 1 saturated heterocycles. The van der Waals surface area contributed by atoms with Gasteiger partial charge in [-0.15, -0.1) is 0 Å². The molecule has 7 heteroatoms. The minimum Gasteiger partial charge on any atom is -0.481 e. The number of amides is 3. The van der Waals surface area contributed by atoms with Crippen LogP contribution in [0.5, 0.6) is 0 Å². The lowest BCUT2D eigenvalue weighted by molar-refractivity contribution is -0.156. The predicted octanol–water partition coefficient (Wildman–Crippen LogP) is 1.06. The minimum absolute atomic E-state index is 0.0109. The van der Waals surface area contributed by atoms with Gasteiger partial charge in [0.05, 0.1) is 0 Å². The third-order valence-corrected chi connectivity index (χ3v) is 4.83. The number of imide groups is 1. The number of carbonyl (C=O) groups excluding carboxylic acids is 2. The Kier molecular flexibility index (Phi) is 3.96. The van der Waals surface area contributed by atoms with Crippen LogP contribution in [0.2, 0.25) is 0 Å². The lowest BCUT2D eigenvalue weighted by Crippen LogP contribution is -2.62. The molecule has 3 amide bonds. The summed E-state index contributed by atoms with van der Waals surface area (Å²) in [5.74, 6) is -2.02. The highest BCUT2D eigenvalue weighted by molar-refractivity contribution is 6.07. The fourth-order valence-electron chi connectivity index (χ4n) is 3.24. The average molecular weight is 342 g/mol. The second kappa shape index (κ2) is 5.86. The fourth-order valence-corrected chi connectivity index (χ4v) is 3.24. The number of hydrogen-bond donors (Lipinski definition) is 4. The van der Waals surface area contributed by atoms with Crippen LogP contribution >= 0.6 is 0 Å². The first-order valence-electron chi connectivity index (χ1n) is 7.79. The van der Waals surface area contributed by atoms with Crippen molar-refractivity contribution in [1.82, 2.24) is 10.6 Å². The molecular formula is C18H18N2O5. The van der Waals surface area contributed by atoms with Crippen LogP contribution in [0.1, 0.15) is 18.9 Å². The maximum Gasteiger partial charge on any atom is 0.322 e. The second-order valence-corrected chi connectivity index (χ2v) is 6.42. The zero-order valence-corrected chi connectivity index (χ0v) is 13.5. The molecule has 1 heterocycles. The number of aliphatic hydroxyl groups is 1. The largest absolute Gasteiger partial charge is 0.481 e. The molecule has 0 radical (unpaired) electrons. The third kappa shape index (κ3) is 2.62. The summed E-state index contributed by atoms with van der Waals surface area (Å²) in [6, 6.07) is 8.66. The summed E-state index contributed by atoms with van der Waals surface area (Å²) < 4.78 is 0. The molecule has 3 rings (SSSR count). The summed E-state index contributed by atoms with van der Waals surface area (Å²) in [5.41, 5.74) is -1.69. The zero-order chi connectivity index (χ0) is 18.2. The van der Waals surface area contributed by atoms with Crippen molar-refractivity contribution in [3.8, 4) is 0 Å². The highest BCUT2D eigenvalue weighted by Crippen LogP contribution is 2.40. The molecule has 3 atom stereocenters. The predicted molar refractivity (Wildman–Crippen MR) is 89.3 cm³/mol. The molecule has 25 heavy (non-hydrogen) atoms. The lowest BCUT2D eigenvalue weighted by atomic mass is 9.68. The summed E-state index contributed by atoms with van der Waals surface area (Å²) in [6.07, 6.45) is 3.07. The first-order chi connectivity index (χ1) is 11.8. The van der Waals surface area contributed by atoms with Gasteiger partial charge < -0.3 is 15.5 Å². The molecule has 1 fully saturated rings. The van der Waals surface area contributed by atoms with Gasteiger partial charge in [0, 0.05) is 0 Å². The van der Waals surface area contributed by atoms with E-state index < -0.39 is 35.0 Å². The number of carboxylic acid groups (broad SMARTS) is 1. The fraction of sp³-hybridized carbons (Fsp3) is 0.278. The van der Waals surface area contributed by atoms with E-state index in [9.17, 15) is 24.6 Å². The van der Waals surface area contributed by atoms with Crippen LogP contribution in [-0.2, 0) is 9.59 Å². The molecular weight excluding hydrogens is 324 g/mol. The van der Waals surface area contributed by atoms with Crippen LogP contribution in [0.4, 0.5) is 4.79 Å². The van der Waals surface area contributed by atoms with Crippen LogP contribution in [-0.4, -0.2) is 39.8 Å². The van der Waals surface area contributed by atoms with Gasteiger partial charge in [-0.25, -0.2) is 4.79 Å². The number of allylic oxidation sites excluding steroid dienone is 3. The van der Waals surface area contributed by atoms with Gasteiger partial charge in [0.15, 0.2) is 0 Å². The molecule has 7 nitrogen and oxygen atoms in total. The monoisotopic (exact) mass is 342 g/mol. The molecule has 0 aromatic heterocycles. The van der Waals surface area contributed by atoms with Crippen molar-refractivity contribution in [2.75, 3.05) is 0 Å². The number of carbonyl (C=O) groups is 3. The maximum atomic E-state index is 12.1. The normalized spacial score (nSPS) is 29.6. The Morgan fingerprint density at radius 3 is 2.40 bits per heavy atom. The van der Waals surface area contributed by atoms with Gasteiger partial charge in [-0.3, -0.25) is 14.9 Å². The van der Waals surface area contributed by atoms with E-state index in [0.717, 1.165) is 11.1 Å². The van der Waals surface area contributed by atoms with Gasteiger partial charge in [-0.2, -0.15) is 0 Å². The number of urea groups is 1. The van der Waals surface area contributed by atoms with Crippen LogP contribution in [0.3, 0.4) is 0 Å². The highest BCUT2D eigenvalue weighted by atomic mass is 16.4. The maximum absolute atomic E-state index is 12.1. The standard InChI is InChI=1S/C18H18N2O5/c1-17(14(22)19-16(25)20-17)13(21)18(15(23)24)9-7-12(8-10-18)11-5-3-2-4-6-11/h2-9,13,21H,10H2,1H3,(H,23,24)(H2,19,20,22,25). The topological polar surface area (TPSA) is 116 Å². The van der Waals surface area contributed by atoms with Gasteiger partial charge >= 0.3 is 12.0 Å². The van der Waals surface area contributed by atoms with Crippen LogP contribution in [0.25, 0.3) is 5.57 Å². The van der Waals surface area contributed by atoms with Crippen molar-refractivity contribution in [3.63, 3.8) is 0 Å². The second-order valence-electron chi connectivity index (χ2n) is 6.42. The minimum atomic E-state index is -1.72. The van der Waals surface area contributed by atoms with Gasteiger partial charge in [0.2, 0.25) is 0 Å². The summed E-state index contributed by atoms with van der Waals surface area (Å²) >= 11 is 0. The number of hydrogen-bond acceptors (Lipinski definition) is 4. The van der Waals surface area contributed by atoms with Crippen LogP contribution < -0.4 is 10.6 Å². The Morgan fingerprint density at radius 1 is 1.24 bits per heavy atom. The molecule has 0 bridgehead atoms. The Morgan fingerprint density at radius 2 is 1.92 bits per heavy atom. The number of rotatable bonds is 4. The average Bonchev–Trinajstić information content (AvgIpc) is 2.88. The summed E-state index contributed by atoms with van der Waals surface area (Å²) in [4.78, 5) is 35.5. The van der Waals surface area contributed by atoms with Crippen molar-refractivity contribution >= 4 is 23.5 Å². The molecule has 0 spiro atoms. The highest BCUT2D eigenvalue weighted by Gasteiger charge is 2.58. The van der Waals surface area contributed by atoms with E-state index in [-0.39, 0.29) is 6.42 Å². The van der Waals surface area contributed by atoms with Crippen molar-refractivity contribution < 1.29 is 24.6 Å². The van der Waals surface area contributed by atoms with E-state index in [1.165, 1.54) is 13.0 Å². The summed E-state index contributed by atoms with van der Waals surface area (Å²) in [7, 11) is 0. The number of aliphatic carboxylic acids is 1. The molecule has 1 aromatic carbocycles. The van der Waals surface area contributed by atoms with E-state index in [0.29, 0.717) is 0 Å². The number of benzene rings is 1. The Bertz CT molecular complexity index is 801. The van der Waals surface area contributed by atoms with E-state index in [4.69, 9.17) is 0 Å². The SMILES string of the molecule is CC1(C(O)C2(C(=O)O)C=CC(c3ccccc3)=CC2)NC(=O)NC1=O. The summed E-state index contributed by atoms with van der Waals surface area (Å²) in [5, 5.41) is 24.9. The molecule has 1 aromatic rings. The molecule has 1 aliphatic heterocycles. The van der Waals surface area contributed by atoms with E-state index in [1.807, 2.05) is 35.6 Å². The number of nitrogens with one attached hydrogen (secondary N) is 2.